The van der Waals surface area contributed by atoms with Crippen molar-refractivity contribution < 1.29 is 14.2 Å². The number of ether oxygens (including phenoxy) is 1. The first-order valence-electron chi connectivity index (χ1n) is 7.93. The zero-order valence-corrected chi connectivity index (χ0v) is 14.9. The molecule has 0 saturated heterocycles. The summed E-state index contributed by atoms with van der Waals surface area (Å²) >= 11 is 0. The lowest BCUT2D eigenvalue weighted by Gasteiger charge is -2.16. The van der Waals surface area contributed by atoms with Crippen molar-refractivity contribution in [1.29, 1.82) is 0 Å². The monoisotopic (exact) mass is 349 g/mol. The Hall–Kier alpha value is -2.52. The van der Waals surface area contributed by atoms with Gasteiger partial charge < -0.3 is 19.5 Å². The molecule has 0 amide bonds. The Bertz CT molecular complexity index is 712. The van der Waals surface area contributed by atoms with Gasteiger partial charge >= 0.3 is 5.69 Å². The van der Waals surface area contributed by atoms with Crippen LogP contribution in [0.4, 0.5) is 11.5 Å². The fourth-order valence-corrected chi connectivity index (χ4v) is 2.48. The summed E-state index contributed by atoms with van der Waals surface area (Å²) in [6.45, 7) is 6.25. The number of methoxy groups -OCH3 is 1. The van der Waals surface area contributed by atoms with Gasteiger partial charge in [-0.2, -0.15) is 0 Å². The SMILES string of the molecule is COCCN(C)CCNc1ncc(-c2c(C)noc2C)cc1[N+](=O)[O-]. The minimum Gasteiger partial charge on any atom is -0.383 e. The number of aryl methyl sites for hydroxylation is 2. The normalized spacial score (nSPS) is 11.1. The second kappa shape index (κ2) is 8.54. The minimum absolute atomic E-state index is 0.0722. The van der Waals surface area contributed by atoms with Gasteiger partial charge in [-0.15, -0.1) is 0 Å². The number of nitrogens with one attached hydrogen (secondary N) is 1. The highest BCUT2D eigenvalue weighted by Crippen LogP contribution is 2.31. The number of hydrogen-bond donors (Lipinski definition) is 1. The Morgan fingerprint density at radius 3 is 2.76 bits per heavy atom. The number of nitro groups is 1. The molecule has 0 saturated carbocycles. The minimum atomic E-state index is -0.439. The third-order valence-corrected chi connectivity index (χ3v) is 3.85. The second-order valence-electron chi connectivity index (χ2n) is 5.77. The van der Waals surface area contributed by atoms with Crippen LogP contribution in [-0.4, -0.2) is 60.4 Å². The average Bonchev–Trinajstić information content (AvgIpc) is 2.91. The fourth-order valence-electron chi connectivity index (χ4n) is 2.48. The van der Waals surface area contributed by atoms with E-state index in [1.807, 2.05) is 7.05 Å². The van der Waals surface area contributed by atoms with Crippen molar-refractivity contribution in [3.05, 3.63) is 33.8 Å². The predicted molar refractivity (Wildman–Crippen MR) is 93.7 cm³/mol. The first kappa shape index (κ1) is 18.8. The molecule has 2 heterocycles. The summed E-state index contributed by atoms with van der Waals surface area (Å²) in [4.78, 5) is 17.3. The maximum absolute atomic E-state index is 11.4. The Morgan fingerprint density at radius 1 is 1.40 bits per heavy atom. The van der Waals surface area contributed by atoms with E-state index < -0.39 is 4.92 Å². The maximum Gasteiger partial charge on any atom is 0.311 e. The van der Waals surface area contributed by atoms with Gasteiger partial charge in [-0.1, -0.05) is 5.16 Å². The predicted octanol–water partition coefficient (Wildman–Crippen LogP) is 2.25. The van der Waals surface area contributed by atoms with Crippen LogP contribution < -0.4 is 5.32 Å². The van der Waals surface area contributed by atoms with Crippen LogP contribution in [0.15, 0.2) is 16.8 Å². The quantitative estimate of drug-likeness (QED) is 0.543. The molecule has 25 heavy (non-hydrogen) atoms. The van der Waals surface area contributed by atoms with E-state index in [1.54, 1.807) is 27.2 Å². The topological polar surface area (TPSA) is 107 Å². The molecule has 0 spiro atoms. The lowest BCUT2D eigenvalue weighted by molar-refractivity contribution is -0.384. The van der Waals surface area contributed by atoms with Gasteiger partial charge in [0.15, 0.2) is 0 Å². The van der Waals surface area contributed by atoms with E-state index in [4.69, 9.17) is 9.26 Å². The summed E-state index contributed by atoms with van der Waals surface area (Å²) in [7, 11) is 3.61. The first-order chi connectivity index (χ1) is 11.9. The molecule has 2 rings (SSSR count). The molecule has 2 aromatic heterocycles. The van der Waals surface area contributed by atoms with Gasteiger partial charge in [0.1, 0.15) is 5.76 Å². The van der Waals surface area contributed by atoms with Gasteiger partial charge in [-0.05, 0) is 20.9 Å². The molecular formula is C16H23N5O4. The van der Waals surface area contributed by atoms with Crippen LogP contribution in [0.1, 0.15) is 11.5 Å². The Morgan fingerprint density at radius 2 is 2.16 bits per heavy atom. The van der Waals surface area contributed by atoms with Crippen molar-refractivity contribution in [2.45, 2.75) is 13.8 Å². The molecule has 9 nitrogen and oxygen atoms in total. The molecule has 0 atom stereocenters. The molecule has 0 aliphatic carbocycles. The van der Waals surface area contributed by atoms with Crippen LogP contribution in [0.25, 0.3) is 11.1 Å². The Labute approximate surface area is 146 Å². The van der Waals surface area contributed by atoms with Crippen molar-refractivity contribution in [3.63, 3.8) is 0 Å². The number of likely N-dealkylation sites (N-methyl/N-ethyl adjacent to an activating group) is 1. The molecule has 2 aromatic rings. The van der Waals surface area contributed by atoms with Crippen LogP contribution in [0.5, 0.6) is 0 Å². The van der Waals surface area contributed by atoms with E-state index in [9.17, 15) is 10.1 Å². The number of pyridine rings is 1. The number of rotatable bonds is 9. The molecule has 0 aliphatic rings. The molecule has 0 aromatic carbocycles. The van der Waals surface area contributed by atoms with Gasteiger partial charge in [-0.3, -0.25) is 10.1 Å². The molecule has 136 valence electrons. The van der Waals surface area contributed by atoms with E-state index in [1.165, 1.54) is 6.07 Å². The van der Waals surface area contributed by atoms with Crippen molar-refractivity contribution in [2.75, 3.05) is 45.7 Å². The molecule has 1 N–H and O–H groups in total. The summed E-state index contributed by atoms with van der Waals surface area (Å²) in [5, 5.41) is 18.3. The van der Waals surface area contributed by atoms with Crippen LogP contribution in [0, 0.1) is 24.0 Å². The standard InChI is InChI=1S/C16H23N5O4/c1-11-15(12(2)25-19-11)13-9-14(21(22)23)16(18-10-13)17-5-6-20(3)7-8-24-4/h9-10H,5-8H2,1-4H3,(H,17,18). The van der Waals surface area contributed by atoms with Crippen LogP contribution in [-0.2, 0) is 4.74 Å². The summed E-state index contributed by atoms with van der Waals surface area (Å²) in [6.07, 6.45) is 1.59. The molecule has 0 aliphatic heterocycles. The highest BCUT2D eigenvalue weighted by Gasteiger charge is 2.20. The van der Waals surface area contributed by atoms with Crippen LogP contribution in [0.2, 0.25) is 0 Å². The lowest BCUT2D eigenvalue weighted by atomic mass is 10.1. The molecule has 0 bridgehead atoms. The summed E-state index contributed by atoms with van der Waals surface area (Å²) in [6, 6.07) is 1.50. The highest BCUT2D eigenvalue weighted by atomic mass is 16.6. The lowest BCUT2D eigenvalue weighted by Crippen LogP contribution is -2.28. The fraction of sp³-hybridized carbons (Fsp3) is 0.500. The van der Waals surface area contributed by atoms with Crippen molar-refractivity contribution in [2.24, 2.45) is 0 Å². The van der Waals surface area contributed by atoms with E-state index in [2.05, 4.69) is 20.4 Å². The molecule has 0 fully saturated rings. The Balaban J connectivity index is 2.13. The third kappa shape index (κ3) is 4.74. The van der Waals surface area contributed by atoms with Gasteiger partial charge in [0.25, 0.3) is 0 Å². The zero-order chi connectivity index (χ0) is 18.4. The second-order valence-corrected chi connectivity index (χ2v) is 5.77. The molecule has 0 radical (unpaired) electrons. The van der Waals surface area contributed by atoms with E-state index >= 15 is 0 Å². The molecule has 0 unspecified atom stereocenters. The van der Waals surface area contributed by atoms with E-state index in [0.29, 0.717) is 36.7 Å². The number of aromatic nitrogens is 2. The van der Waals surface area contributed by atoms with Gasteiger partial charge in [0.2, 0.25) is 5.82 Å². The summed E-state index contributed by atoms with van der Waals surface area (Å²) in [5.41, 5.74) is 1.96. The number of nitrogens with zero attached hydrogens (tertiary/aromatic N) is 4. The molecule has 9 heteroatoms. The average molecular weight is 349 g/mol. The summed E-state index contributed by atoms with van der Waals surface area (Å²) in [5.74, 6) is 0.856. The summed E-state index contributed by atoms with van der Waals surface area (Å²) < 4.78 is 10.1. The van der Waals surface area contributed by atoms with E-state index in [-0.39, 0.29) is 11.5 Å². The van der Waals surface area contributed by atoms with Crippen molar-refractivity contribution in [3.8, 4) is 11.1 Å². The van der Waals surface area contributed by atoms with Gasteiger partial charge in [0, 0.05) is 50.1 Å². The molecular weight excluding hydrogens is 326 g/mol. The number of anilines is 1. The largest absolute Gasteiger partial charge is 0.383 e. The highest BCUT2D eigenvalue weighted by molar-refractivity contribution is 5.72. The van der Waals surface area contributed by atoms with Gasteiger partial charge in [0.05, 0.1) is 17.2 Å². The Kier molecular flexibility index (Phi) is 6.43. The maximum atomic E-state index is 11.4. The number of hydrogen-bond acceptors (Lipinski definition) is 8. The smallest absolute Gasteiger partial charge is 0.311 e. The van der Waals surface area contributed by atoms with Crippen LogP contribution in [0.3, 0.4) is 0 Å². The first-order valence-corrected chi connectivity index (χ1v) is 7.93. The van der Waals surface area contributed by atoms with Gasteiger partial charge in [-0.25, -0.2) is 4.98 Å². The van der Waals surface area contributed by atoms with E-state index in [0.717, 1.165) is 12.1 Å². The van der Waals surface area contributed by atoms with Crippen molar-refractivity contribution >= 4 is 11.5 Å². The van der Waals surface area contributed by atoms with Crippen LogP contribution >= 0.6 is 0 Å². The third-order valence-electron chi connectivity index (χ3n) is 3.85. The van der Waals surface area contributed by atoms with Crippen molar-refractivity contribution in [1.82, 2.24) is 15.0 Å². The zero-order valence-electron chi connectivity index (χ0n) is 14.9.